The van der Waals surface area contributed by atoms with Crippen LogP contribution in [0.2, 0.25) is 0 Å². The fourth-order valence-electron chi connectivity index (χ4n) is 1.20. The van der Waals surface area contributed by atoms with Crippen molar-refractivity contribution in [2.24, 2.45) is 0 Å². The molecule has 0 aliphatic carbocycles. The van der Waals surface area contributed by atoms with Gasteiger partial charge in [-0.15, -0.1) is 16.9 Å². The van der Waals surface area contributed by atoms with Crippen LogP contribution in [0.25, 0.3) is 0 Å². The maximum Gasteiger partial charge on any atom is 0.313 e. The van der Waals surface area contributed by atoms with Gasteiger partial charge in [0.15, 0.2) is 0 Å². The number of benzene rings is 1. The molecule has 0 amide bonds. The molecular weight excluding hydrogens is 270 g/mol. The lowest BCUT2D eigenvalue weighted by Gasteiger charge is -1.97. The molecular formula is C11H11N3O2S2. The summed E-state index contributed by atoms with van der Waals surface area (Å²) in [5.74, 6) is 0.537. The molecule has 1 heterocycles. The monoisotopic (exact) mass is 281 g/mol. The predicted octanol–water partition coefficient (Wildman–Crippen LogP) is 2.27. The van der Waals surface area contributed by atoms with Crippen LogP contribution in [0.1, 0.15) is 5.82 Å². The SMILES string of the molecule is O=C(O)CSc1n[nH]c(CSc2ccccc2)n1. The normalized spacial score (nSPS) is 10.4. The first-order valence-corrected chi connectivity index (χ1v) is 7.15. The fraction of sp³-hybridized carbons (Fsp3) is 0.182. The van der Waals surface area contributed by atoms with Crippen molar-refractivity contribution in [3.8, 4) is 0 Å². The third kappa shape index (κ3) is 4.08. The number of carboxylic acids is 1. The Hall–Kier alpha value is -1.47. The van der Waals surface area contributed by atoms with Crippen molar-refractivity contribution in [1.82, 2.24) is 15.2 Å². The van der Waals surface area contributed by atoms with Crippen LogP contribution in [0.5, 0.6) is 0 Å². The summed E-state index contributed by atoms with van der Waals surface area (Å²) >= 11 is 2.76. The molecule has 1 aromatic heterocycles. The molecule has 0 fully saturated rings. The van der Waals surface area contributed by atoms with Gasteiger partial charge in [-0.05, 0) is 12.1 Å². The lowest BCUT2D eigenvalue weighted by Crippen LogP contribution is -1.97. The predicted molar refractivity (Wildman–Crippen MR) is 70.7 cm³/mol. The minimum absolute atomic E-state index is 0.0247. The van der Waals surface area contributed by atoms with Gasteiger partial charge in [0, 0.05) is 4.90 Å². The van der Waals surface area contributed by atoms with E-state index >= 15 is 0 Å². The molecule has 0 saturated carbocycles. The summed E-state index contributed by atoms with van der Waals surface area (Å²) in [4.78, 5) is 15.8. The Labute approximate surface area is 112 Å². The smallest absolute Gasteiger partial charge is 0.313 e. The molecule has 0 saturated heterocycles. The van der Waals surface area contributed by atoms with Gasteiger partial charge in [0.2, 0.25) is 5.16 Å². The lowest BCUT2D eigenvalue weighted by molar-refractivity contribution is -0.133. The number of rotatable bonds is 6. The van der Waals surface area contributed by atoms with E-state index in [4.69, 9.17) is 5.11 Å². The zero-order chi connectivity index (χ0) is 12.8. The average Bonchev–Trinajstić information content (AvgIpc) is 2.83. The molecule has 1 aromatic carbocycles. The Morgan fingerprint density at radius 3 is 2.78 bits per heavy atom. The molecule has 2 N–H and O–H groups in total. The van der Waals surface area contributed by atoms with E-state index in [1.54, 1.807) is 11.8 Å². The number of nitrogens with one attached hydrogen (secondary N) is 1. The Kier molecular flexibility index (Phi) is 4.66. The second-order valence-electron chi connectivity index (χ2n) is 3.35. The summed E-state index contributed by atoms with van der Waals surface area (Å²) < 4.78 is 0. The summed E-state index contributed by atoms with van der Waals surface area (Å²) in [5, 5.41) is 15.8. The molecule has 0 aliphatic rings. The molecule has 0 bridgehead atoms. The standard InChI is InChI=1S/C11H11N3O2S2/c15-10(16)7-18-11-12-9(13-14-11)6-17-8-4-2-1-3-5-8/h1-5H,6-7H2,(H,15,16)(H,12,13,14). The second-order valence-corrected chi connectivity index (χ2v) is 5.34. The van der Waals surface area contributed by atoms with Crippen LogP contribution in [0.15, 0.2) is 40.4 Å². The van der Waals surface area contributed by atoms with E-state index in [-0.39, 0.29) is 5.75 Å². The first-order valence-electron chi connectivity index (χ1n) is 5.18. The molecule has 18 heavy (non-hydrogen) atoms. The third-order valence-corrected chi connectivity index (χ3v) is 3.81. The number of carbonyl (C=O) groups is 1. The molecule has 2 rings (SSSR count). The highest BCUT2D eigenvalue weighted by molar-refractivity contribution is 7.99. The van der Waals surface area contributed by atoms with Gasteiger partial charge in [-0.25, -0.2) is 4.98 Å². The van der Waals surface area contributed by atoms with Crippen molar-refractivity contribution in [3.05, 3.63) is 36.2 Å². The first kappa shape index (κ1) is 13.0. The Morgan fingerprint density at radius 1 is 1.28 bits per heavy atom. The van der Waals surface area contributed by atoms with Crippen LogP contribution in [-0.2, 0) is 10.5 Å². The van der Waals surface area contributed by atoms with E-state index in [2.05, 4.69) is 15.2 Å². The van der Waals surface area contributed by atoms with Crippen LogP contribution in [0.3, 0.4) is 0 Å². The highest BCUT2D eigenvalue weighted by Gasteiger charge is 2.06. The van der Waals surface area contributed by atoms with Gasteiger partial charge in [0.1, 0.15) is 5.82 Å². The van der Waals surface area contributed by atoms with Crippen LogP contribution < -0.4 is 0 Å². The van der Waals surface area contributed by atoms with E-state index in [9.17, 15) is 4.79 Å². The maximum absolute atomic E-state index is 10.4. The van der Waals surface area contributed by atoms with Crippen molar-refractivity contribution < 1.29 is 9.90 Å². The van der Waals surface area contributed by atoms with Crippen molar-refractivity contribution >= 4 is 29.5 Å². The largest absolute Gasteiger partial charge is 0.481 e. The number of hydrogen-bond acceptors (Lipinski definition) is 5. The van der Waals surface area contributed by atoms with Crippen molar-refractivity contribution in [2.75, 3.05) is 5.75 Å². The van der Waals surface area contributed by atoms with E-state index in [1.807, 2.05) is 30.3 Å². The molecule has 0 aliphatic heterocycles. The fourth-order valence-corrected chi connectivity index (χ4v) is 2.52. The number of carboxylic acid groups (broad SMARTS) is 1. The average molecular weight is 281 g/mol. The number of hydrogen-bond donors (Lipinski definition) is 2. The van der Waals surface area contributed by atoms with E-state index in [0.717, 1.165) is 22.5 Å². The molecule has 7 heteroatoms. The zero-order valence-corrected chi connectivity index (χ0v) is 11.0. The first-order chi connectivity index (χ1) is 8.74. The molecule has 94 valence electrons. The summed E-state index contributed by atoms with van der Waals surface area (Å²) in [6.45, 7) is 0. The third-order valence-electron chi connectivity index (χ3n) is 1.95. The Bertz CT molecular complexity index is 516. The topological polar surface area (TPSA) is 78.9 Å². The highest BCUT2D eigenvalue weighted by Crippen LogP contribution is 2.21. The summed E-state index contributed by atoms with van der Waals surface area (Å²) in [5.41, 5.74) is 0. The van der Waals surface area contributed by atoms with Gasteiger partial charge in [-0.1, -0.05) is 30.0 Å². The van der Waals surface area contributed by atoms with E-state index < -0.39 is 5.97 Å². The van der Waals surface area contributed by atoms with Gasteiger partial charge < -0.3 is 5.11 Å². The Balaban J connectivity index is 1.85. The molecule has 2 aromatic rings. The van der Waals surface area contributed by atoms with Crippen LogP contribution in [0.4, 0.5) is 0 Å². The van der Waals surface area contributed by atoms with E-state index in [0.29, 0.717) is 10.9 Å². The minimum Gasteiger partial charge on any atom is -0.481 e. The van der Waals surface area contributed by atoms with Crippen LogP contribution in [-0.4, -0.2) is 32.0 Å². The molecule has 0 radical (unpaired) electrons. The molecule has 5 nitrogen and oxygen atoms in total. The number of thioether (sulfide) groups is 2. The van der Waals surface area contributed by atoms with Gasteiger partial charge in [-0.3, -0.25) is 9.89 Å². The van der Waals surface area contributed by atoms with Crippen molar-refractivity contribution in [2.45, 2.75) is 15.8 Å². The second kappa shape index (κ2) is 6.46. The number of H-pyrrole nitrogens is 1. The quantitative estimate of drug-likeness (QED) is 0.791. The molecule has 0 spiro atoms. The number of nitrogens with zero attached hydrogens (tertiary/aromatic N) is 2. The lowest BCUT2D eigenvalue weighted by atomic mass is 10.4. The number of aliphatic carboxylic acids is 1. The Morgan fingerprint density at radius 2 is 2.06 bits per heavy atom. The van der Waals surface area contributed by atoms with Gasteiger partial charge >= 0.3 is 5.97 Å². The summed E-state index contributed by atoms with van der Waals surface area (Å²) in [6, 6.07) is 10.00. The number of aromatic nitrogens is 3. The minimum atomic E-state index is -0.870. The van der Waals surface area contributed by atoms with Crippen LogP contribution >= 0.6 is 23.5 Å². The highest BCUT2D eigenvalue weighted by atomic mass is 32.2. The van der Waals surface area contributed by atoms with Crippen LogP contribution in [0, 0.1) is 0 Å². The van der Waals surface area contributed by atoms with E-state index in [1.165, 1.54) is 0 Å². The number of aromatic amines is 1. The van der Waals surface area contributed by atoms with Crippen molar-refractivity contribution in [3.63, 3.8) is 0 Å². The molecule has 0 atom stereocenters. The zero-order valence-electron chi connectivity index (χ0n) is 9.37. The van der Waals surface area contributed by atoms with Crippen molar-refractivity contribution in [1.29, 1.82) is 0 Å². The molecule has 0 unspecified atom stereocenters. The van der Waals surface area contributed by atoms with Gasteiger partial charge in [-0.2, -0.15) is 0 Å². The maximum atomic E-state index is 10.4. The van der Waals surface area contributed by atoms with Gasteiger partial charge in [0.25, 0.3) is 0 Å². The summed E-state index contributed by atoms with van der Waals surface area (Å²) in [6.07, 6.45) is 0. The summed E-state index contributed by atoms with van der Waals surface area (Å²) in [7, 11) is 0. The van der Waals surface area contributed by atoms with Gasteiger partial charge in [0.05, 0.1) is 11.5 Å².